The molecule has 0 bridgehead atoms. The van der Waals surface area contributed by atoms with E-state index in [4.69, 9.17) is 16.0 Å². The van der Waals surface area contributed by atoms with Gasteiger partial charge in [-0.1, -0.05) is 11.6 Å². The summed E-state index contributed by atoms with van der Waals surface area (Å²) in [6.07, 6.45) is 2.97. The van der Waals surface area contributed by atoms with Crippen molar-refractivity contribution in [2.24, 2.45) is 0 Å². The van der Waals surface area contributed by atoms with E-state index in [9.17, 15) is 4.79 Å². The number of aromatic nitrogens is 2. The molecule has 16 heavy (non-hydrogen) atoms. The predicted octanol–water partition coefficient (Wildman–Crippen LogP) is 2.28. The molecule has 1 N–H and O–H groups in total. The zero-order chi connectivity index (χ0) is 11.5. The number of hydrogen-bond donors (Lipinski definition) is 1. The highest BCUT2D eigenvalue weighted by molar-refractivity contribution is 6.30. The molecule has 2 rings (SSSR count). The van der Waals surface area contributed by atoms with Crippen LogP contribution in [0.2, 0.25) is 5.02 Å². The minimum atomic E-state index is -0.413. The summed E-state index contributed by atoms with van der Waals surface area (Å²) in [5.41, 5.74) is 0.211. The van der Waals surface area contributed by atoms with Crippen molar-refractivity contribution < 1.29 is 9.21 Å². The number of aryl methyl sites for hydroxylation is 1. The van der Waals surface area contributed by atoms with E-state index in [-0.39, 0.29) is 11.7 Å². The van der Waals surface area contributed by atoms with Crippen LogP contribution in [0.4, 0.5) is 6.01 Å². The molecule has 0 saturated heterocycles. The molecule has 82 valence electrons. The van der Waals surface area contributed by atoms with Crippen molar-refractivity contribution >= 4 is 23.5 Å². The van der Waals surface area contributed by atoms with Crippen LogP contribution in [0.5, 0.6) is 0 Å². The van der Waals surface area contributed by atoms with Crippen LogP contribution >= 0.6 is 11.6 Å². The average Bonchev–Trinajstić information content (AvgIpc) is 2.64. The fraction of sp³-hybridized carbons (Fsp3) is 0.100. The zero-order valence-corrected chi connectivity index (χ0v) is 9.15. The average molecular weight is 238 g/mol. The SMILES string of the molecule is Cc1cnc(NC(=O)c2cc(Cl)ccn2)o1. The van der Waals surface area contributed by atoms with Gasteiger partial charge in [0.1, 0.15) is 11.5 Å². The second-order valence-corrected chi connectivity index (χ2v) is 3.53. The molecule has 2 aromatic rings. The van der Waals surface area contributed by atoms with Crippen molar-refractivity contribution in [3.05, 3.63) is 41.0 Å². The largest absolute Gasteiger partial charge is 0.429 e. The maximum Gasteiger partial charge on any atom is 0.301 e. The van der Waals surface area contributed by atoms with E-state index in [0.29, 0.717) is 10.8 Å². The Morgan fingerprint density at radius 3 is 2.94 bits per heavy atom. The smallest absolute Gasteiger partial charge is 0.301 e. The summed E-state index contributed by atoms with van der Waals surface area (Å²) in [6.45, 7) is 1.74. The van der Waals surface area contributed by atoms with Gasteiger partial charge in [0.05, 0.1) is 6.20 Å². The number of nitrogens with one attached hydrogen (secondary N) is 1. The van der Waals surface area contributed by atoms with Crippen molar-refractivity contribution in [3.8, 4) is 0 Å². The van der Waals surface area contributed by atoms with Gasteiger partial charge in [0.2, 0.25) is 0 Å². The topological polar surface area (TPSA) is 68.0 Å². The minimum Gasteiger partial charge on any atom is -0.429 e. The maximum atomic E-state index is 11.6. The Labute approximate surface area is 96.5 Å². The minimum absolute atomic E-state index is 0.143. The predicted molar refractivity (Wildman–Crippen MR) is 58.4 cm³/mol. The lowest BCUT2D eigenvalue weighted by molar-refractivity contribution is 0.101. The summed E-state index contributed by atoms with van der Waals surface area (Å²) in [5.74, 6) is 0.207. The fourth-order valence-electron chi connectivity index (χ4n) is 1.10. The first-order valence-corrected chi connectivity index (χ1v) is 4.88. The van der Waals surface area contributed by atoms with Crippen LogP contribution in [-0.2, 0) is 0 Å². The molecular weight excluding hydrogens is 230 g/mol. The van der Waals surface area contributed by atoms with Crippen LogP contribution in [0, 0.1) is 6.92 Å². The summed E-state index contributed by atoms with van der Waals surface area (Å²) in [6, 6.07) is 3.20. The van der Waals surface area contributed by atoms with Gasteiger partial charge in [0.15, 0.2) is 0 Å². The van der Waals surface area contributed by atoms with Crippen LogP contribution < -0.4 is 5.32 Å². The van der Waals surface area contributed by atoms with Crippen molar-refractivity contribution in [2.75, 3.05) is 5.32 Å². The second-order valence-electron chi connectivity index (χ2n) is 3.09. The first-order chi connectivity index (χ1) is 7.65. The first kappa shape index (κ1) is 10.6. The number of halogens is 1. The molecule has 0 fully saturated rings. The van der Waals surface area contributed by atoms with Gasteiger partial charge in [0.25, 0.3) is 5.91 Å². The third-order valence-electron chi connectivity index (χ3n) is 1.80. The molecule has 6 heteroatoms. The van der Waals surface area contributed by atoms with Gasteiger partial charge < -0.3 is 4.42 Å². The summed E-state index contributed by atoms with van der Waals surface area (Å²) in [4.78, 5) is 19.4. The quantitative estimate of drug-likeness (QED) is 0.870. The van der Waals surface area contributed by atoms with E-state index in [1.165, 1.54) is 18.5 Å². The van der Waals surface area contributed by atoms with E-state index in [2.05, 4.69) is 15.3 Å². The van der Waals surface area contributed by atoms with Gasteiger partial charge in [-0.3, -0.25) is 15.1 Å². The Bertz CT molecular complexity index is 524. The molecule has 0 saturated carbocycles. The molecule has 2 heterocycles. The van der Waals surface area contributed by atoms with Gasteiger partial charge in [-0.05, 0) is 19.1 Å². The van der Waals surface area contributed by atoms with Crippen LogP contribution in [0.3, 0.4) is 0 Å². The monoisotopic (exact) mass is 237 g/mol. The van der Waals surface area contributed by atoms with E-state index >= 15 is 0 Å². The van der Waals surface area contributed by atoms with Gasteiger partial charge in [-0.15, -0.1) is 0 Å². The molecular formula is C10H8ClN3O2. The van der Waals surface area contributed by atoms with Gasteiger partial charge in [0, 0.05) is 11.2 Å². The highest BCUT2D eigenvalue weighted by atomic mass is 35.5. The molecule has 1 amide bonds. The molecule has 0 unspecified atom stereocenters. The molecule has 0 aliphatic carbocycles. The lowest BCUT2D eigenvalue weighted by atomic mass is 10.3. The molecule has 0 aliphatic rings. The number of rotatable bonds is 2. The fourth-order valence-corrected chi connectivity index (χ4v) is 1.26. The Hall–Kier alpha value is -1.88. The Balaban J connectivity index is 2.14. The number of carbonyl (C=O) groups is 1. The number of hydrogen-bond acceptors (Lipinski definition) is 4. The summed E-state index contributed by atoms with van der Waals surface area (Å²) in [5, 5.41) is 2.92. The van der Waals surface area contributed by atoms with E-state index in [0.717, 1.165) is 0 Å². The van der Waals surface area contributed by atoms with Gasteiger partial charge >= 0.3 is 6.01 Å². The lowest BCUT2D eigenvalue weighted by Crippen LogP contribution is -2.13. The third kappa shape index (κ3) is 2.38. The molecule has 0 atom stereocenters. The number of oxazole rings is 1. The van der Waals surface area contributed by atoms with Crippen LogP contribution in [-0.4, -0.2) is 15.9 Å². The number of amides is 1. The Morgan fingerprint density at radius 1 is 1.50 bits per heavy atom. The van der Waals surface area contributed by atoms with Crippen molar-refractivity contribution in [1.29, 1.82) is 0 Å². The number of pyridine rings is 1. The highest BCUT2D eigenvalue weighted by Gasteiger charge is 2.10. The summed E-state index contributed by atoms with van der Waals surface area (Å²) >= 11 is 5.74. The van der Waals surface area contributed by atoms with Gasteiger partial charge in [-0.2, -0.15) is 0 Å². The van der Waals surface area contributed by atoms with Crippen LogP contribution in [0.15, 0.2) is 28.9 Å². The normalized spacial score (nSPS) is 10.1. The van der Waals surface area contributed by atoms with E-state index in [1.807, 2.05) is 0 Å². The molecule has 2 aromatic heterocycles. The lowest BCUT2D eigenvalue weighted by Gasteiger charge is -1.99. The molecule has 0 aromatic carbocycles. The molecule has 5 nitrogen and oxygen atoms in total. The summed E-state index contributed by atoms with van der Waals surface area (Å²) in [7, 11) is 0. The Morgan fingerprint density at radius 2 is 2.31 bits per heavy atom. The molecule has 0 spiro atoms. The third-order valence-corrected chi connectivity index (χ3v) is 2.03. The van der Waals surface area contributed by atoms with E-state index in [1.54, 1.807) is 13.0 Å². The Kier molecular flexibility index (Phi) is 2.87. The molecule has 0 radical (unpaired) electrons. The number of nitrogens with zero attached hydrogens (tertiary/aromatic N) is 2. The van der Waals surface area contributed by atoms with Crippen LogP contribution in [0.25, 0.3) is 0 Å². The second kappa shape index (κ2) is 4.32. The first-order valence-electron chi connectivity index (χ1n) is 4.50. The number of anilines is 1. The summed E-state index contributed by atoms with van der Waals surface area (Å²) < 4.78 is 5.10. The van der Waals surface area contributed by atoms with E-state index < -0.39 is 5.91 Å². The maximum absolute atomic E-state index is 11.6. The van der Waals surface area contributed by atoms with Crippen LogP contribution in [0.1, 0.15) is 16.2 Å². The zero-order valence-electron chi connectivity index (χ0n) is 8.40. The highest BCUT2D eigenvalue weighted by Crippen LogP contribution is 2.11. The van der Waals surface area contributed by atoms with Crippen molar-refractivity contribution in [1.82, 2.24) is 9.97 Å². The standard InChI is InChI=1S/C10H8ClN3O2/c1-6-5-13-10(16-6)14-9(15)8-4-7(11)2-3-12-8/h2-5H,1H3,(H,13,14,15). The van der Waals surface area contributed by atoms with Gasteiger partial charge in [-0.25, -0.2) is 4.98 Å². The molecule has 0 aliphatic heterocycles. The van der Waals surface area contributed by atoms with Crippen molar-refractivity contribution in [2.45, 2.75) is 6.92 Å². The number of carbonyl (C=O) groups excluding carboxylic acids is 1. The van der Waals surface area contributed by atoms with Crippen molar-refractivity contribution in [3.63, 3.8) is 0 Å².